The van der Waals surface area contributed by atoms with Gasteiger partial charge in [-0.2, -0.15) is 0 Å². The van der Waals surface area contributed by atoms with E-state index in [-0.39, 0.29) is 18.6 Å². The van der Waals surface area contributed by atoms with E-state index in [1.165, 1.54) is 0 Å². The number of carboxylic acids is 1. The zero-order valence-corrected chi connectivity index (χ0v) is 10.2. The first-order chi connectivity index (χ1) is 7.56. The first kappa shape index (κ1) is 13.5. The van der Waals surface area contributed by atoms with E-state index in [2.05, 4.69) is 4.90 Å². The monoisotopic (exact) mass is 229 g/mol. The average Bonchev–Trinajstić information content (AvgIpc) is 2.17. The Labute approximate surface area is 97.3 Å². The first-order valence-electron chi connectivity index (χ1n) is 6.14. The van der Waals surface area contributed by atoms with Crippen molar-refractivity contribution in [2.75, 3.05) is 19.7 Å². The Bertz CT molecular complexity index is 228. The molecule has 94 valence electrons. The fourth-order valence-corrected chi connectivity index (χ4v) is 2.63. The number of aliphatic hydroxyl groups is 1. The molecule has 0 aliphatic carbocycles. The van der Waals surface area contributed by atoms with Crippen molar-refractivity contribution in [1.82, 2.24) is 4.90 Å². The van der Waals surface area contributed by atoms with Crippen molar-refractivity contribution in [3.63, 3.8) is 0 Å². The van der Waals surface area contributed by atoms with Crippen molar-refractivity contribution in [3.8, 4) is 0 Å². The molecule has 2 unspecified atom stereocenters. The van der Waals surface area contributed by atoms with Crippen LogP contribution in [0.2, 0.25) is 0 Å². The molecule has 4 heteroatoms. The normalized spacial score (nSPS) is 24.6. The number of hydrogen-bond donors (Lipinski definition) is 2. The maximum absolute atomic E-state index is 11.2. The third-order valence-corrected chi connectivity index (χ3v) is 3.37. The van der Waals surface area contributed by atoms with Crippen LogP contribution in [-0.2, 0) is 4.79 Å². The lowest BCUT2D eigenvalue weighted by Gasteiger charge is -2.37. The van der Waals surface area contributed by atoms with E-state index in [0.29, 0.717) is 5.92 Å². The van der Waals surface area contributed by atoms with Crippen LogP contribution in [0.5, 0.6) is 0 Å². The summed E-state index contributed by atoms with van der Waals surface area (Å²) in [6.07, 6.45) is 2.95. The summed E-state index contributed by atoms with van der Waals surface area (Å²) in [4.78, 5) is 13.3. The van der Waals surface area contributed by atoms with E-state index in [9.17, 15) is 9.90 Å². The zero-order valence-electron chi connectivity index (χ0n) is 10.2. The number of aliphatic carboxylic acids is 1. The lowest BCUT2D eigenvalue weighted by atomic mass is 9.92. The van der Waals surface area contributed by atoms with Gasteiger partial charge in [-0.1, -0.05) is 13.8 Å². The lowest BCUT2D eigenvalue weighted by Crippen LogP contribution is -2.49. The summed E-state index contributed by atoms with van der Waals surface area (Å²) in [6.45, 7) is 5.80. The molecule has 1 fully saturated rings. The largest absolute Gasteiger partial charge is 0.480 e. The predicted molar refractivity (Wildman–Crippen MR) is 62.3 cm³/mol. The Morgan fingerprint density at radius 3 is 2.69 bits per heavy atom. The van der Waals surface area contributed by atoms with Gasteiger partial charge in [0.1, 0.15) is 6.04 Å². The van der Waals surface area contributed by atoms with Crippen molar-refractivity contribution in [3.05, 3.63) is 0 Å². The summed E-state index contributed by atoms with van der Waals surface area (Å²) in [5.41, 5.74) is 0. The van der Waals surface area contributed by atoms with E-state index in [4.69, 9.17) is 5.11 Å². The molecule has 1 saturated heterocycles. The number of piperidine rings is 1. The highest BCUT2D eigenvalue weighted by Gasteiger charge is 2.32. The molecule has 2 N–H and O–H groups in total. The van der Waals surface area contributed by atoms with E-state index >= 15 is 0 Å². The van der Waals surface area contributed by atoms with Gasteiger partial charge in [0.05, 0.1) is 0 Å². The number of carbonyl (C=O) groups is 1. The van der Waals surface area contributed by atoms with Gasteiger partial charge in [0.25, 0.3) is 0 Å². The minimum atomic E-state index is -0.723. The van der Waals surface area contributed by atoms with Gasteiger partial charge in [-0.3, -0.25) is 9.69 Å². The number of carboxylic acid groups (broad SMARTS) is 1. The molecule has 0 amide bonds. The molecule has 0 spiro atoms. The molecule has 1 aliphatic heterocycles. The molecule has 0 saturated carbocycles. The molecular formula is C12H23NO3. The van der Waals surface area contributed by atoms with Gasteiger partial charge in [0.2, 0.25) is 0 Å². The minimum absolute atomic E-state index is 0.130. The van der Waals surface area contributed by atoms with Gasteiger partial charge in [0.15, 0.2) is 0 Å². The Hall–Kier alpha value is -0.610. The number of nitrogens with zero attached hydrogens (tertiary/aromatic N) is 1. The van der Waals surface area contributed by atoms with Crippen LogP contribution in [0.3, 0.4) is 0 Å². The molecule has 4 nitrogen and oxygen atoms in total. The predicted octanol–water partition coefficient (Wildman–Crippen LogP) is 1.19. The van der Waals surface area contributed by atoms with Crippen molar-refractivity contribution in [2.45, 2.75) is 39.2 Å². The van der Waals surface area contributed by atoms with E-state index < -0.39 is 5.97 Å². The summed E-state index contributed by atoms with van der Waals surface area (Å²) in [7, 11) is 0. The summed E-state index contributed by atoms with van der Waals surface area (Å²) >= 11 is 0. The summed E-state index contributed by atoms with van der Waals surface area (Å²) in [6, 6.07) is -0.374. The molecule has 2 atom stereocenters. The van der Waals surface area contributed by atoms with Crippen molar-refractivity contribution in [1.29, 1.82) is 0 Å². The minimum Gasteiger partial charge on any atom is -0.480 e. The van der Waals surface area contributed by atoms with E-state index in [0.717, 1.165) is 32.4 Å². The lowest BCUT2D eigenvalue weighted by molar-refractivity contribution is -0.146. The molecule has 1 rings (SSSR count). The second kappa shape index (κ2) is 6.21. The van der Waals surface area contributed by atoms with Crippen LogP contribution in [0.15, 0.2) is 0 Å². The maximum Gasteiger partial charge on any atom is 0.321 e. The quantitative estimate of drug-likeness (QED) is 0.743. The molecule has 0 aromatic carbocycles. The third kappa shape index (κ3) is 3.46. The Morgan fingerprint density at radius 1 is 1.50 bits per heavy atom. The van der Waals surface area contributed by atoms with Gasteiger partial charge >= 0.3 is 5.97 Å². The molecule has 0 aromatic rings. The second-order valence-corrected chi connectivity index (χ2v) is 5.04. The molecule has 1 heterocycles. The van der Waals surface area contributed by atoms with Crippen LogP contribution in [0.25, 0.3) is 0 Å². The van der Waals surface area contributed by atoms with E-state index in [1.807, 2.05) is 13.8 Å². The third-order valence-electron chi connectivity index (χ3n) is 3.37. The Kier molecular flexibility index (Phi) is 5.22. The number of aliphatic hydroxyl groups excluding tert-OH is 1. The number of likely N-dealkylation sites (tertiary alicyclic amines) is 1. The first-order valence-corrected chi connectivity index (χ1v) is 6.14. The number of hydrogen-bond acceptors (Lipinski definition) is 3. The van der Waals surface area contributed by atoms with Gasteiger partial charge in [0, 0.05) is 13.2 Å². The van der Waals surface area contributed by atoms with E-state index in [1.54, 1.807) is 0 Å². The van der Waals surface area contributed by atoms with Crippen LogP contribution >= 0.6 is 0 Å². The van der Waals surface area contributed by atoms with Gasteiger partial charge in [-0.05, 0) is 37.6 Å². The van der Waals surface area contributed by atoms with Gasteiger partial charge < -0.3 is 10.2 Å². The standard InChI is InChI=1S/C12H23NO3/c1-9(2)11(12(15)16)13-6-3-4-10(8-13)5-7-14/h9-11,14H,3-8H2,1-2H3,(H,15,16). The summed E-state index contributed by atoms with van der Waals surface area (Å²) in [5.74, 6) is -0.135. The van der Waals surface area contributed by atoms with Gasteiger partial charge in [-0.25, -0.2) is 0 Å². The van der Waals surface area contributed by atoms with Crippen LogP contribution in [-0.4, -0.2) is 46.8 Å². The van der Waals surface area contributed by atoms with Crippen LogP contribution < -0.4 is 0 Å². The highest BCUT2D eigenvalue weighted by Crippen LogP contribution is 2.23. The molecular weight excluding hydrogens is 206 g/mol. The molecule has 0 bridgehead atoms. The number of rotatable bonds is 5. The topological polar surface area (TPSA) is 60.8 Å². The van der Waals surface area contributed by atoms with Crippen molar-refractivity contribution >= 4 is 5.97 Å². The molecule has 0 aromatic heterocycles. The molecule has 0 radical (unpaired) electrons. The Balaban J connectivity index is 2.59. The summed E-state index contributed by atoms with van der Waals surface area (Å²) in [5, 5.41) is 18.1. The molecule has 1 aliphatic rings. The fourth-order valence-electron chi connectivity index (χ4n) is 2.63. The zero-order chi connectivity index (χ0) is 12.1. The average molecular weight is 229 g/mol. The highest BCUT2D eigenvalue weighted by atomic mass is 16.4. The Morgan fingerprint density at radius 2 is 2.19 bits per heavy atom. The SMILES string of the molecule is CC(C)C(C(=O)O)N1CCCC(CCO)C1. The summed E-state index contributed by atoms with van der Waals surface area (Å²) < 4.78 is 0. The van der Waals surface area contributed by atoms with Gasteiger partial charge in [-0.15, -0.1) is 0 Å². The maximum atomic E-state index is 11.2. The fraction of sp³-hybridized carbons (Fsp3) is 0.917. The van der Waals surface area contributed by atoms with Crippen LogP contribution in [0, 0.1) is 11.8 Å². The highest BCUT2D eigenvalue weighted by molar-refractivity contribution is 5.73. The van der Waals surface area contributed by atoms with Crippen LogP contribution in [0.4, 0.5) is 0 Å². The molecule has 16 heavy (non-hydrogen) atoms. The second-order valence-electron chi connectivity index (χ2n) is 5.04. The van der Waals surface area contributed by atoms with Crippen molar-refractivity contribution < 1.29 is 15.0 Å². The smallest absolute Gasteiger partial charge is 0.321 e. The van der Waals surface area contributed by atoms with Crippen molar-refractivity contribution in [2.24, 2.45) is 11.8 Å². The van der Waals surface area contributed by atoms with Crippen LogP contribution in [0.1, 0.15) is 33.1 Å².